The van der Waals surface area contributed by atoms with Crippen molar-refractivity contribution in [3.05, 3.63) is 22.8 Å². The molecule has 0 atom stereocenters. The average molecular weight is 175 g/mol. The highest BCUT2D eigenvalue weighted by Gasteiger charge is 2.19. The molecular weight excluding hydrogens is 166 g/mol. The minimum Gasteiger partial charge on any atom is -0.454 e. The van der Waals surface area contributed by atoms with E-state index < -0.39 is 0 Å². The third-order valence-corrected chi connectivity index (χ3v) is 2.34. The Morgan fingerprint density at radius 2 is 2.08 bits per heavy atom. The van der Waals surface area contributed by atoms with Crippen molar-refractivity contribution in [2.75, 3.05) is 6.79 Å². The van der Waals surface area contributed by atoms with E-state index in [4.69, 9.17) is 14.7 Å². The first-order valence-electron chi connectivity index (χ1n) is 4.04. The van der Waals surface area contributed by atoms with Crippen LogP contribution < -0.4 is 9.47 Å². The molecule has 1 aromatic carbocycles. The Kier molecular flexibility index (Phi) is 1.63. The van der Waals surface area contributed by atoms with E-state index in [2.05, 4.69) is 6.07 Å². The molecule has 0 fully saturated rings. The Morgan fingerprint density at radius 1 is 1.31 bits per heavy atom. The summed E-state index contributed by atoms with van der Waals surface area (Å²) in [6.45, 7) is 4.10. The maximum absolute atomic E-state index is 8.83. The first kappa shape index (κ1) is 7.93. The highest BCUT2D eigenvalue weighted by molar-refractivity contribution is 5.57. The quantitative estimate of drug-likeness (QED) is 0.604. The van der Waals surface area contributed by atoms with Gasteiger partial charge in [-0.15, -0.1) is 0 Å². The van der Waals surface area contributed by atoms with Gasteiger partial charge in [0.05, 0.1) is 11.6 Å². The molecule has 13 heavy (non-hydrogen) atoms. The van der Waals surface area contributed by atoms with Crippen LogP contribution in [0.4, 0.5) is 0 Å². The van der Waals surface area contributed by atoms with Crippen molar-refractivity contribution in [2.45, 2.75) is 13.8 Å². The van der Waals surface area contributed by atoms with Gasteiger partial charge in [-0.25, -0.2) is 0 Å². The fourth-order valence-electron chi connectivity index (χ4n) is 1.42. The molecule has 0 bridgehead atoms. The van der Waals surface area contributed by atoms with Gasteiger partial charge in [-0.2, -0.15) is 5.26 Å². The number of hydrogen-bond acceptors (Lipinski definition) is 3. The number of nitrogens with zero attached hydrogens (tertiary/aromatic N) is 1. The summed E-state index contributed by atoms with van der Waals surface area (Å²) >= 11 is 0. The molecule has 0 radical (unpaired) electrons. The lowest BCUT2D eigenvalue weighted by atomic mass is 10.0. The van der Waals surface area contributed by atoms with Gasteiger partial charge in [0.15, 0.2) is 11.5 Å². The topological polar surface area (TPSA) is 42.2 Å². The van der Waals surface area contributed by atoms with Crippen molar-refractivity contribution in [1.82, 2.24) is 0 Å². The van der Waals surface area contributed by atoms with Gasteiger partial charge in [-0.1, -0.05) is 0 Å². The van der Waals surface area contributed by atoms with Crippen molar-refractivity contribution in [3.8, 4) is 17.6 Å². The summed E-state index contributed by atoms with van der Waals surface area (Å²) in [7, 11) is 0. The Labute approximate surface area is 76.5 Å². The number of nitriles is 1. The molecule has 3 heteroatoms. The second kappa shape index (κ2) is 2.67. The van der Waals surface area contributed by atoms with Crippen molar-refractivity contribution in [2.24, 2.45) is 0 Å². The number of hydrogen-bond donors (Lipinski definition) is 0. The van der Waals surface area contributed by atoms with Gasteiger partial charge in [-0.3, -0.25) is 0 Å². The van der Waals surface area contributed by atoms with Crippen LogP contribution in [0.2, 0.25) is 0 Å². The summed E-state index contributed by atoms with van der Waals surface area (Å²) in [6, 6.07) is 3.86. The van der Waals surface area contributed by atoms with Crippen LogP contribution >= 0.6 is 0 Å². The molecule has 0 spiro atoms. The zero-order valence-electron chi connectivity index (χ0n) is 7.55. The minimum atomic E-state index is 0.254. The van der Waals surface area contributed by atoms with E-state index in [9.17, 15) is 0 Å². The van der Waals surface area contributed by atoms with Gasteiger partial charge >= 0.3 is 0 Å². The zero-order chi connectivity index (χ0) is 9.42. The van der Waals surface area contributed by atoms with E-state index >= 15 is 0 Å². The summed E-state index contributed by atoms with van der Waals surface area (Å²) in [4.78, 5) is 0. The molecule has 1 aliphatic rings. The minimum absolute atomic E-state index is 0.254. The van der Waals surface area contributed by atoms with Crippen LogP contribution in [-0.4, -0.2) is 6.79 Å². The summed E-state index contributed by atoms with van der Waals surface area (Å²) in [5, 5.41) is 8.83. The van der Waals surface area contributed by atoms with E-state index in [0.29, 0.717) is 11.3 Å². The molecule has 0 unspecified atom stereocenters. The highest BCUT2D eigenvalue weighted by atomic mass is 16.7. The predicted octanol–water partition coefficient (Wildman–Crippen LogP) is 1.90. The number of benzene rings is 1. The Bertz CT molecular complexity index is 401. The molecule has 66 valence electrons. The number of ether oxygens (including phenoxy) is 2. The van der Waals surface area contributed by atoms with Gasteiger partial charge in [0, 0.05) is 6.07 Å². The molecule has 0 N–H and O–H groups in total. The lowest BCUT2D eigenvalue weighted by molar-refractivity contribution is 0.173. The van der Waals surface area contributed by atoms with Crippen molar-refractivity contribution in [1.29, 1.82) is 5.26 Å². The highest BCUT2D eigenvalue weighted by Crippen LogP contribution is 2.38. The van der Waals surface area contributed by atoms with Crippen LogP contribution in [0.25, 0.3) is 0 Å². The summed E-state index contributed by atoms with van der Waals surface area (Å²) in [5.41, 5.74) is 2.61. The summed E-state index contributed by atoms with van der Waals surface area (Å²) < 4.78 is 10.5. The van der Waals surface area contributed by atoms with Gasteiger partial charge in [0.2, 0.25) is 6.79 Å². The van der Waals surface area contributed by atoms with Crippen LogP contribution in [0, 0.1) is 25.2 Å². The standard InChI is InChI=1S/C10H9NO2/c1-6-7(2)10-9(12-5-13-10)3-8(6)4-11/h3H,5H2,1-2H3. The lowest BCUT2D eigenvalue weighted by Crippen LogP contribution is -1.93. The van der Waals surface area contributed by atoms with E-state index in [0.717, 1.165) is 16.9 Å². The van der Waals surface area contributed by atoms with E-state index in [1.54, 1.807) is 6.07 Å². The molecule has 3 nitrogen and oxygen atoms in total. The molecular formula is C10H9NO2. The Hall–Kier alpha value is -1.69. The third kappa shape index (κ3) is 1.03. The molecule has 2 rings (SSSR count). The second-order valence-corrected chi connectivity index (χ2v) is 3.02. The second-order valence-electron chi connectivity index (χ2n) is 3.02. The van der Waals surface area contributed by atoms with Crippen molar-refractivity contribution >= 4 is 0 Å². The number of fused-ring (bicyclic) bond motifs is 1. The average Bonchev–Trinajstić information content (AvgIpc) is 2.59. The smallest absolute Gasteiger partial charge is 0.231 e. The normalized spacial score (nSPS) is 12.7. The molecule has 0 amide bonds. The van der Waals surface area contributed by atoms with E-state index in [1.165, 1.54) is 0 Å². The first-order chi connectivity index (χ1) is 6.24. The molecule has 0 aromatic heterocycles. The monoisotopic (exact) mass is 175 g/mol. The van der Waals surface area contributed by atoms with Crippen LogP contribution in [0.5, 0.6) is 11.5 Å². The van der Waals surface area contributed by atoms with Crippen LogP contribution in [0.3, 0.4) is 0 Å². The van der Waals surface area contributed by atoms with Crippen LogP contribution in [0.1, 0.15) is 16.7 Å². The molecule has 0 saturated carbocycles. The number of rotatable bonds is 0. The lowest BCUT2D eigenvalue weighted by Gasteiger charge is -2.05. The van der Waals surface area contributed by atoms with Crippen molar-refractivity contribution in [3.63, 3.8) is 0 Å². The van der Waals surface area contributed by atoms with E-state index in [-0.39, 0.29) is 6.79 Å². The first-order valence-corrected chi connectivity index (χ1v) is 4.04. The molecule has 1 aromatic rings. The van der Waals surface area contributed by atoms with Crippen LogP contribution in [-0.2, 0) is 0 Å². The third-order valence-electron chi connectivity index (χ3n) is 2.34. The Morgan fingerprint density at radius 3 is 2.77 bits per heavy atom. The zero-order valence-corrected chi connectivity index (χ0v) is 7.55. The van der Waals surface area contributed by atoms with Crippen molar-refractivity contribution < 1.29 is 9.47 Å². The summed E-state index contributed by atoms with van der Waals surface area (Å²) in [5.74, 6) is 1.45. The SMILES string of the molecule is Cc1c(C#N)cc2c(c1C)OCO2. The van der Waals surface area contributed by atoms with Gasteiger partial charge in [-0.05, 0) is 25.0 Å². The summed E-state index contributed by atoms with van der Waals surface area (Å²) in [6.07, 6.45) is 0. The fraction of sp³-hybridized carbons (Fsp3) is 0.300. The van der Waals surface area contributed by atoms with Gasteiger partial charge < -0.3 is 9.47 Å². The van der Waals surface area contributed by atoms with Gasteiger partial charge in [0.25, 0.3) is 0 Å². The fourth-order valence-corrected chi connectivity index (χ4v) is 1.42. The van der Waals surface area contributed by atoms with E-state index in [1.807, 2.05) is 13.8 Å². The predicted molar refractivity (Wildman–Crippen MR) is 46.8 cm³/mol. The Balaban J connectivity index is 2.70. The maximum atomic E-state index is 8.83. The largest absolute Gasteiger partial charge is 0.454 e. The van der Waals surface area contributed by atoms with Crippen LogP contribution in [0.15, 0.2) is 6.07 Å². The van der Waals surface area contributed by atoms with Gasteiger partial charge in [0.1, 0.15) is 0 Å². The molecule has 0 saturated heterocycles. The molecule has 1 heterocycles. The maximum Gasteiger partial charge on any atom is 0.231 e. The molecule has 1 aliphatic heterocycles. The molecule has 0 aliphatic carbocycles.